The second-order valence-electron chi connectivity index (χ2n) is 8.87. The van der Waals surface area contributed by atoms with E-state index in [2.05, 4.69) is 0 Å². The van der Waals surface area contributed by atoms with E-state index in [0.717, 1.165) is 54.2 Å². The first kappa shape index (κ1) is 16.9. The number of carbonyl (C=O) groups excluding carboxylic acids is 1. The molecule has 6 rings (SSSR count). The Morgan fingerprint density at radius 3 is 2.22 bits per heavy atom. The molecule has 4 aliphatic carbocycles. The molecule has 1 heterocycles. The number of rotatable bonds is 5. The summed E-state index contributed by atoms with van der Waals surface area (Å²) in [5.41, 5.74) is 0.759. The normalized spacial score (nSPS) is 31.1. The summed E-state index contributed by atoms with van der Waals surface area (Å²) in [5.74, 6) is 4.18. The largest absolute Gasteiger partial charge is 0.497 e. The second-order valence-corrected chi connectivity index (χ2v) is 8.87. The zero-order valence-corrected chi connectivity index (χ0v) is 15.9. The van der Waals surface area contributed by atoms with Gasteiger partial charge in [0, 0.05) is 5.69 Å². The Labute approximate surface area is 160 Å². The van der Waals surface area contributed by atoms with Crippen molar-refractivity contribution in [3.63, 3.8) is 0 Å². The summed E-state index contributed by atoms with van der Waals surface area (Å²) in [6, 6.07) is 11.7. The van der Waals surface area contributed by atoms with Crippen molar-refractivity contribution in [1.82, 2.24) is 0 Å². The van der Waals surface area contributed by atoms with Gasteiger partial charge in [-0.25, -0.2) is 0 Å². The maximum Gasteiger partial charge on any atom is 0.233 e. The summed E-state index contributed by atoms with van der Waals surface area (Å²) in [5, 5.41) is 0. The zero-order chi connectivity index (χ0) is 18.4. The smallest absolute Gasteiger partial charge is 0.233 e. The topological polar surface area (TPSA) is 42.7 Å². The van der Waals surface area contributed by atoms with Crippen LogP contribution in [0.15, 0.2) is 47.1 Å². The van der Waals surface area contributed by atoms with Gasteiger partial charge in [0.1, 0.15) is 11.5 Å². The van der Waals surface area contributed by atoms with Crippen LogP contribution in [-0.2, 0) is 11.3 Å². The Kier molecular flexibility index (Phi) is 4.03. The van der Waals surface area contributed by atoms with E-state index in [1.165, 1.54) is 19.3 Å². The third-order valence-electron chi connectivity index (χ3n) is 7.02. The average Bonchev–Trinajstić information content (AvgIpc) is 3.18. The van der Waals surface area contributed by atoms with Crippen molar-refractivity contribution in [3.05, 3.63) is 48.4 Å². The van der Waals surface area contributed by atoms with E-state index in [1.54, 1.807) is 13.4 Å². The lowest BCUT2D eigenvalue weighted by molar-refractivity contribution is -0.143. The predicted octanol–water partition coefficient (Wildman–Crippen LogP) is 5.04. The van der Waals surface area contributed by atoms with Gasteiger partial charge >= 0.3 is 0 Å². The maximum atomic E-state index is 13.9. The molecule has 4 bridgehead atoms. The van der Waals surface area contributed by atoms with Gasteiger partial charge < -0.3 is 14.1 Å². The molecule has 4 heteroatoms. The molecule has 27 heavy (non-hydrogen) atoms. The molecule has 4 saturated carbocycles. The molecule has 0 radical (unpaired) electrons. The number of ether oxygens (including phenoxy) is 1. The molecule has 0 aliphatic heterocycles. The van der Waals surface area contributed by atoms with Gasteiger partial charge in [-0.2, -0.15) is 0 Å². The molecular weight excluding hydrogens is 338 g/mol. The quantitative estimate of drug-likeness (QED) is 0.746. The molecule has 0 saturated heterocycles. The van der Waals surface area contributed by atoms with Gasteiger partial charge in [0.2, 0.25) is 5.91 Å². The Morgan fingerprint density at radius 1 is 1.07 bits per heavy atom. The fourth-order valence-electron chi connectivity index (χ4n) is 6.26. The highest BCUT2D eigenvalue weighted by Gasteiger charge is 2.55. The van der Waals surface area contributed by atoms with Gasteiger partial charge in [0.15, 0.2) is 0 Å². The molecule has 0 spiro atoms. The molecule has 1 aromatic heterocycles. The Balaban J connectivity index is 1.48. The van der Waals surface area contributed by atoms with Crippen molar-refractivity contribution in [1.29, 1.82) is 0 Å². The first-order valence-electron chi connectivity index (χ1n) is 10.1. The molecule has 4 aliphatic rings. The fraction of sp³-hybridized carbons (Fsp3) is 0.522. The minimum absolute atomic E-state index is 0.165. The minimum atomic E-state index is -0.165. The van der Waals surface area contributed by atoms with Crippen LogP contribution in [0.25, 0.3) is 0 Å². The molecule has 0 unspecified atom stereocenters. The Morgan fingerprint density at radius 2 is 1.70 bits per heavy atom. The van der Waals surface area contributed by atoms with E-state index in [0.29, 0.717) is 12.5 Å². The summed E-state index contributed by atoms with van der Waals surface area (Å²) >= 11 is 0. The number of methoxy groups -OCH3 is 1. The van der Waals surface area contributed by atoms with Crippen LogP contribution in [0.2, 0.25) is 0 Å². The summed E-state index contributed by atoms with van der Waals surface area (Å²) in [6.45, 7) is 0.486. The van der Waals surface area contributed by atoms with Crippen molar-refractivity contribution >= 4 is 11.6 Å². The number of hydrogen-bond acceptors (Lipinski definition) is 3. The molecule has 4 nitrogen and oxygen atoms in total. The average molecular weight is 365 g/mol. The van der Waals surface area contributed by atoms with Crippen LogP contribution in [0.5, 0.6) is 5.75 Å². The Bertz CT molecular complexity index is 773. The van der Waals surface area contributed by atoms with Crippen LogP contribution in [0.1, 0.15) is 44.3 Å². The highest BCUT2D eigenvalue weighted by Crippen LogP contribution is 2.60. The van der Waals surface area contributed by atoms with Gasteiger partial charge in [-0.1, -0.05) is 0 Å². The number of furan rings is 1. The van der Waals surface area contributed by atoms with Gasteiger partial charge in [-0.15, -0.1) is 0 Å². The van der Waals surface area contributed by atoms with Crippen LogP contribution in [0.4, 0.5) is 5.69 Å². The SMILES string of the molecule is COc1ccc(N(Cc2ccco2)C(=O)C23CC4CC(CC(C4)C2)C3)cc1. The van der Waals surface area contributed by atoms with Crippen molar-refractivity contribution in [3.8, 4) is 5.75 Å². The molecule has 0 N–H and O–H groups in total. The lowest BCUT2D eigenvalue weighted by Crippen LogP contribution is -2.54. The van der Waals surface area contributed by atoms with Crippen molar-refractivity contribution in [2.75, 3.05) is 12.0 Å². The molecule has 2 aromatic rings. The second kappa shape index (κ2) is 6.43. The lowest BCUT2D eigenvalue weighted by Gasteiger charge is -2.56. The highest BCUT2D eigenvalue weighted by molar-refractivity contribution is 5.97. The third kappa shape index (κ3) is 2.95. The van der Waals surface area contributed by atoms with E-state index >= 15 is 0 Å². The monoisotopic (exact) mass is 365 g/mol. The molecule has 4 fully saturated rings. The number of nitrogens with zero attached hydrogens (tertiary/aromatic N) is 1. The van der Waals surface area contributed by atoms with Crippen molar-refractivity contribution < 1.29 is 13.9 Å². The first-order valence-corrected chi connectivity index (χ1v) is 10.1. The molecule has 142 valence electrons. The van der Waals surface area contributed by atoms with E-state index in [4.69, 9.17) is 9.15 Å². The summed E-state index contributed by atoms with van der Waals surface area (Å²) in [4.78, 5) is 15.9. The Hall–Kier alpha value is -2.23. The van der Waals surface area contributed by atoms with Crippen molar-refractivity contribution in [2.24, 2.45) is 23.2 Å². The highest BCUT2D eigenvalue weighted by atomic mass is 16.5. The predicted molar refractivity (Wildman–Crippen MR) is 103 cm³/mol. The molecule has 1 amide bonds. The molecular formula is C23H27NO3. The van der Waals surface area contributed by atoms with E-state index < -0.39 is 0 Å². The van der Waals surface area contributed by atoms with Crippen LogP contribution < -0.4 is 9.64 Å². The molecule has 1 aromatic carbocycles. The third-order valence-corrected chi connectivity index (χ3v) is 7.02. The van der Waals surface area contributed by atoms with Crippen LogP contribution in [0, 0.1) is 23.2 Å². The van der Waals surface area contributed by atoms with Crippen LogP contribution >= 0.6 is 0 Å². The zero-order valence-electron chi connectivity index (χ0n) is 15.9. The standard InChI is InChI=1S/C23H27NO3/c1-26-20-6-4-19(5-7-20)24(15-21-3-2-8-27-21)22(25)23-12-16-9-17(13-23)11-18(10-16)14-23/h2-8,16-18H,9-15H2,1H3. The summed E-state index contributed by atoms with van der Waals surface area (Å²) < 4.78 is 10.9. The number of benzene rings is 1. The number of anilines is 1. The van der Waals surface area contributed by atoms with E-state index in [9.17, 15) is 4.79 Å². The number of hydrogen-bond donors (Lipinski definition) is 0. The first-order chi connectivity index (χ1) is 13.1. The van der Waals surface area contributed by atoms with Gasteiger partial charge in [-0.3, -0.25) is 4.79 Å². The van der Waals surface area contributed by atoms with Crippen molar-refractivity contribution in [2.45, 2.75) is 45.1 Å². The van der Waals surface area contributed by atoms with E-state index in [-0.39, 0.29) is 5.41 Å². The van der Waals surface area contributed by atoms with Crippen LogP contribution in [-0.4, -0.2) is 13.0 Å². The van der Waals surface area contributed by atoms with Gasteiger partial charge in [0.25, 0.3) is 0 Å². The lowest BCUT2D eigenvalue weighted by atomic mass is 9.49. The van der Waals surface area contributed by atoms with E-state index in [1.807, 2.05) is 41.3 Å². The van der Waals surface area contributed by atoms with Gasteiger partial charge in [0.05, 0.1) is 25.3 Å². The molecule has 0 atom stereocenters. The summed E-state index contributed by atoms with van der Waals surface area (Å²) in [7, 11) is 1.66. The summed E-state index contributed by atoms with van der Waals surface area (Å²) in [6.07, 6.45) is 8.92. The number of amides is 1. The van der Waals surface area contributed by atoms with Gasteiger partial charge in [-0.05, 0) is 92.7 Å². The minimum Gasteiger partial charge on any atom is -0.497 e. The fourth-order valence-corrected chi connectivity index (χ4v) is 6.26. The maximum absolute atomic E-state index is 13.9. The number of carbonyl (C=O) groups is 1. The van der Waals surface area contributed by atoms with Crippen LogP contribution in [0.3, 0.4) is 0 Å².